The Morgan fingerprint density at radius 3 is 2.26 bits per heavy atom. The Bertz CT molecular complexity index is 1590. The quantitative estimate of drug-likeness (QED) is 0.317. The van der Waals surface area contributed by atoms with Gasteiger partial charge in [-0.3, -0.25) is 24.3 Å². The van der Waals surface area contributed by atoms with Crippen molar-refractivity contribution < 1.29 is 18.1 Å². The molecule has 2 aromatic heterocycles. The van der Waals surface area contributed by atoms with Crippen LogP contribution in [0, 0.1) is 24.0 Å². The minimum atomic E-state index is -3.89. The van der Waals surface area contributed by atoms with E-state index in [1.807, 2.05) is 13.8 Å². The topological polar surface area (TPSA) is 141 Å². The van der Waals surface area contributed by atoms with Crippen molar-refractivity contribution in [2.24, 2.45) is 0 Å². The van der Waals surface area contributed by atoms with E-state index < -0.39 is 20.7 Å². The summed E-state index contributed by atoms with van der Waals surface area (Å²) in [4.78, 5) is 41.1. The number of hydrogen-bond acceptors (Lipinski definition) is 8. The number of benzene rings is 2. The molecule has 34 heavy (non-hydrogen) atoms. The van der Waals surface area contributed by atoms with Crippen LogP contribution < -0.4 is 10.9 Å². The number of carbonyl (C=O) groups is 1. The van der Waals surface area contributed by atoms with Gasteiger partial charge in [-0.15, -0.1) is 11.3 Å². The van der Waals surface area contributed by atoms with Gasteiger partial charge in [0.15, 0.2) is 0 Å². The average molecular weight is 499 g/mol. The summed E-state index contributed by atoms with van der Waals surface area (Å²) in [6.07, 6.45) is 1.33. The van der Waals surface area contributed by atoms with Gasteiger partial charge in [0.25, 0.3) is 11.2 Å². The van der Waals surface area contributed by atoms with Gasteiger partial charge in [0.1, 0.15) is 11.4 Å². The molecule has 1 N–H and O–H groups in total. The third-order valence-electron chi connectivity index (χ3n) is 5.28. The first kappa shape index (κ1) is 23.3. The molecule has 1 amide bonds. The maximum atomic E-state index is 12.8. The van der Waals surface area contributed by atoms with Gasteiger partial charge in [0.2, 0.25) is 15.7 Å². The molecule has 10 nitrogen and oxygen atoms in total. The van der Waals surface area contributed by atoms with E-state index in [1.165, 1.54) is 58.6 Å². The van der Waals surface area contributed by atoms with Crippen molar-refractivity contribution in [3.63, 3.8) is 0 Å². The number of sulfone groups is 1. The van der Waals surface area contributed by atoms with Crippen LogP contribution in [0.4, 0.5) is 11.4 Å². The maximum Gasteiger partial charge on any atom is 0.269 e. The third kappa shape index (κ3) is 4.32. The van der Waals surface area contributed by atoms with Crippen LogP contribution in [0.1, 0.15) is 10.4 Å². The molecule has 0 aliphatic rings. The molecule has 0 bridgehead atoms. The van der Waals surface area contributed by atoms with Crippen molar-refractivity contribution in [2.75, 3.05) is 5.32 Å². The lowest BCUT2D eigenvalue weighted by Crippen LogP contribution is -2.27. The number of anilines is 1. The number of aryl methyl sites for hydroxylation is 2. The molecule has 0 spiro atoms. The van der Waals surface area contributed by atoms with Crippen LogP contribution in [0.15, 0.2) is 69.4 Å². The summed E-state index contributed by atoms with van der Waals surface area (Å²) in [5.74, 6) is -0.473. The van der Waals surface area contributed by atoms with Crippen LogP contribution in [-0.2, 0) is 21.2 Å². The van der Waals surface area contributed by atoms with Crippen LogP contribution in [0.25, 0.3) is 10.2 Å². The predicted molar refractivity (Wildman–Crippen MR) is 127 cm³/mol. The highest BCUT2D eigenvalue weighted by Gasteiger charge is 2.19. The van der Waals surface area contributed by atoms with Crippen molar-refractivity contribution >= 4 is 48.7 Å². The number of thiophene rings is 1. The van der Waals surface area contributed by atoms with E-state index >= 15 is 0 Å². The van der Waals surface area contributed by atoms with E-state index in [0.717, 1.165) is 22.6 Å². The first-order valence-corrected chi connectivity index (χ1v) is 12.2. The summed E-state index contributed by atoms with van der Waals surface area (Å²) in [6.45, 7) is 3.50. The molecule has 0 fully saturated rings. The van der Waals surface area contributed by atoms with Crippen LogP contribution >= 0.6 is 11.3 Å². The number of amides is 1. The standard InChI is InChI=1S/C22H18N4O6S2/c1-13-14(2)33-21-20(13)22(28)25(12-23-21)11-19(27)24-15-3-7-17(8-4-15)34(31,32)18-9-5-16(6-10-18)26(29)30/h3-10,12H,11H2,1-2H3,(H,24,27). The minimum absolute atomic E-state index is 0.0338. The summed E-state index contributed by atoms with van der Waals surface area (Å²) >= 11 is 1.42. The van der Waals surface area contributed by atoms with Gasteiger partial charge >= 0.3 is 0 Å². The number of rotatable bonds is 6. The fraction of sp³-hybridized carbons (Fsp3) is 0.136. The number of nitro benzene ring substituents is 1. The van der Waals surface area contributed by atoms with Crippen molar-refractivity contribution in [1.82, 2.24) is 9.55 Å². The molecule has 0 saturated carbocycles. The van der Waals surface area contributed by atoms with Crippen LogP contribution in [-0.4, -0.2) is 28.8 Å². The zero-order chi connectivity index (χ0) is 24.6. The Balaban J connectivity index is 1.49. The Morgan fingerprint density at radius 1 is 1.09 bits per heavy atom. The Hall–Kier alpha value is -3.90. The van der Waals surface area contributed by atoms with E-state index in [2.05, 4.69) is 10.3 Å². The lowest BCUT2D eigenvalue weighted by molar-refractivity contribution is -0.384. The van der Waals surface area contributed by atoms with E-state index in [0.29, 0.717) is 15.9 Å². The molecule has 4 rings (SSSR count). The van der Waals surface area contributed by atoms with E-state index in [1.54, 1.807) is 0 Å². The summed E-state index contributed by atoms with van der Waals surface area (Å²) < 4.78 is 26.8. The Kier molecular flexibility index (Phi) is 6.02. The first-order valence-electron chi connectivity index (χ1n) is 9.92. The second kappa shape index (κ2) is 8.80. The van der Waals surface area contributed by atoms with Crippen molar-refractivity contribution in [3.8, 4) is 0 Å². The molecule has 2 heterocycles. The zero-order valence-electron chi connectivity index (χ0n) is 18.0. The second-order valence-electron chi connectivity index (χ2n) is 7.47. The van der Waals surface area contributed by atoms with Gasteiger partial charge in [-0.05, 0) is 55.8 Å². The zero-order valence-corrected chi connectivity index (χ0v) is 19.6. The Labute approximate surface area is 197 Å². The van der Waals surface area contributed by atoms with E-state index in [4.69, 9.17) is 0 Å². The smallest absolute Gasteiger partial charge is 0.269 e. The predicted octanol–water partition coefficient (Wildman–Crippen LogP) is 3.45. The molecule has 0 aliphatic carbocycles. The average Bonchev–Trinajstić information content (AvgIpc) is 3.10. The summed E-state index contributed by atoms with van der Waals surface area (Å²) in [6, 6.07) is 10.1. The number of carbonyl (C=O) groups excluding carboxylic acids is 1. The number of nitrogens with one attached hydrogen (secondary N) is 1. The molecule has 0 saturated heterocycles. The molecule has 4 aromatic rings. The maximum absolute atomic E-state index is 12.8. The number of nitrogens with zero attached hydrogens (tertiary/aromatic N) is 3. The van der Waals surface area contributed by atoms with Crippen molar-refractivity contribution in [2.45, 2.75) is 30.2 Å². The third-order valence-corrected chi connectivity index (χ3v) is 8.18. The van der Waals surface area contributed by atoms with Gasteiger partial charge in [-0.2, -0.15) is 0 Å². The normalized spacial score (nSPS) is 11.5. The summed E-state index contributed by atoms with van der Waals surface area (Å²) in [5.41, 5.74) is 0.677. The van der Waals surface area contributed by atoms with Gasteiger partial charge in [-0.25, -0.2) is 13.4 Å². The molecular weight excluding hydrogens is 480 g/mol. The molecule has 0 unspecified atom stereocenters. The molecule has 0 atom stereocenters. The summed E-state index contributed by atoms with van der Waals surface area (Å²) in [5, 5.41) is 13.9. The molecule has 174 valence electrons. The number of aromatic nitrogens is 2. The number of fused-ring (bicyclic) bond motifs is 1. The number of hydrogen-bond donors (Lipinski definition) is 1. The monoisotopic (exact) mass is 498 g/mol. The highest BCUT2D eigenvalue weighted by atomic mass is 32.2. The fourth-order valence-corrected chi connectivity index (χ4v) is 5.59. The largest absolute Gasteiger partial charge is 0.325 e. The number of non-ortho nitro benzene ring substituents is 1. The first-order chi connectivity index (χ1) is 16.1. The van der Waals surface area contributed by atoms with Crippen LogP contribution in [0.2, 0.25) is 0 Å². The molecular formula is C22H18N4O6S2. The fourth-order valence-electron chi connectivity index (χ4n) is 3.34. The molecule has 0 aliphatic heterocycles. The molecule has 12 heteroatoms. The van der Waals surface area contributed by atoms with E-state index in [9.17, 15) is 28.1 Å². The minimum Gasteiger partial charge on any atom is -0.325 e. The Morgan fingerprint density at radius 2 is 1.68 bits per heavy atom. The van der Waals surface area contributed by atoms with Crippen LogP contribution in [0.3, 0.4) is 0 Å². The van der Waals surface area contributed by atoms with Gasteiger partial charge < -0.3 is 5.32 Å². The summed E-state index contributed by atoms with van der Waals surface area (Å²) in [7, 11) is -3.89. The van der Waals surface area contributed by atoms with Crippen molar-refractivity contribution in [3.05, 3.63) is 85.8 Å². The lowest BCUT2D eigenvalue weighted by atomic mass is 10.2. The van der Waals surface area contributed by atoms with Crippen molar-refractivity contribution in [1.29, 1.82) is 0 Å². The van der Waals surface area contributed by atoms with Gasteiger partial charge in [-0.1, -0.05) is 0 Å². The van der Waals surface area contributed by atoms with Gasteiger partial charge in [0.05, 0.1) is 26.4 Å². The van der Waals surface area contributed by atoms with E-state index in [-0.39, 0.29) is 27.6 Å². The molecule has 0 radical (unpaired) electrons. The second-order valence-corrected chi connectivity index (χ2v) is 10.6. The highest BCUT2D eigenvalue weighted by molar-refractivity contribution is 7.91. The lowest BCUT2D eigenvalue weighted by Gasteiger charge is -2.09. The molecule has 2 aromatic carbocycles. The van der Waals surface area contributed by atoms with Gasteiger partial charge in [0, 0.05) is 22.7 Å². The van der Waals surface area contributed by atoms with Crippen LogP contribution in [0.5, 0.6) is 0 Å². The SMILES string of the molecule is Cc1sc2ncn(CC(=O)Nc3ccc(S(=O)(=O)c4ccc([N+](=O)[O-])cc4)cc3)c(=O)c2c1C. The number of nitro groups is 1. The highest BCUT2D eigenvalue weighted by Crippen LogP contribution is 2.26.